The van der Waals surface area contributed by atoms with Crippen LogP contribution in [0, 0.1) is 5.41 Å². The number of hydrogen-bond donors (Lipinski definition) is 2. The largest absolute Gasteiger partial charge is 0.507 e. The minimum atomic E-state index is 0.250. The van der Waals surface area contributed by atoms with Crippen LogP contribution in [0.2, 0.25) is 0 Å². The summed E-state index contributed by atoms with van der Waals surface area (Å²) >= 11 is 1.84. The topological polar surface area (TPSA) is 58.0 Å². The van der Waals surface area contributed by atoms with Gasteiger partial charge in [0, 0.05) is 10.4 Å². The summed E-state index contributed by atoms with van der Waals surface area (Å²) in [5.74, 6) is 0.936. The molecule has 0 atom stereocenters. The number of hydrogen-bond acceptors (Lipinski definition) is 5. The molecule has 1 saturated heterocycles. The van der Waals surface area contributed by atoms with E-state index in [0.717, 1.165) is 21.5 Å². The van der Waals surface area contributed by atoms with Gasteiger partial charge in [0.1, 0.15) is 11.3 Å². The van der Waals surface area contributed by atoms with Crippen molar-refractivity contribution in [1.82, 2.24) is 15.5 Å². The van der Waals surface area contributed by atoms with Crippen LogP contribution in [0.3, 0.4) is 0 Å². The predicted molar refractivity (Wildman–Crippen MR) is 101 cm³/mol. The number of nitrogens with one attached hydrogen (secondary N) is 1. The highest BCUT2D eigenvalue weighted by atomic mass is 32.1. The third-order valence-electron chi connectivity index (χ3n) is 5.90. The molecule has 3 heterocycles. The summed E-state index contributed by atoms with van der Waals surface area (Å²) in [4.78, 5) is 1.45. The number of rotatable bonds is 2. The maximum Gasteiger partial charge on any atom is 0.125 e. The summed E-state index contributed by atoms with van der Waals surface area (Å²) in [6, 6.07) is 11.6. The number of phenols is 1. The van der Waals surface area contributed by atoms with Gasteiger partial charge in [-0.05, 0) is 74.4 Å². The van der Waals surface area contributed by atoms with Gasteiger partial charge >= 0.3 is 0 Å². The Bertz CT molecular complexity index is 922. The quantitative estimate of drug-likeness (QED) is 0.722. The summed E-state index contributed by atoms with van der Waals surface area (Å²) in [7, 11) is 0. The summed E-state index contributed by atoms with van der Waals surface area (Å²) in [6.07, 6.45) is 5.29. The Balaban J connectivity index is 1.42. The first kappa shape index (κ1) is 15.3. The second-order valence-electron chi connectivity index (χ2n) is 7.50. The van der Waals surface area contributed by atoms with Crippen LogP contribution in [0.4, 0.5) is 0 Å². The van der Waals surface area contributed by atoms with Crippen LogP contribution in [-0.4, -0.2) is 28.4 Å². The highest BCUT2D eigenvalue weighted by Gasteiger charge is 2.45. The van der Waals surface area contributed by atoms with Gasteiger partial charge in [0.15, 0.2) is 0 Å². The van der Waals surface area contributed by atoms with Crippen molar-refractivity contribution in [2.75, 3.05) is 13.1 Å². The van der Waals surface area contributed by atoms with E-state index in [1.165, 1.54) is 43.6 Å². The molecule has 0 bridgehead atoms. The molecular weight excluding hydrogens is 330 g/mol. The molecule has 5 rings (SSSR count). The zero-order valence-electron chi connectivity index (χ0n) is 14.0. The molecule has 5 heteroatoms. The van der Waals surface area contributed by atoms with Crippen molar-refractivity contribution in [2.24, 2.45) is 5.41 Å². The van der Waals surface area contributed by atoms with E-state index in [1.54, 1.807) is 6.07 Å². The second kappa shape index (κ2) is 5.78. The van der Waals surface area contributed by atoms with Gasteiger partial charge in [0.05, 0.1) is 10.4 Å². The van der Waals surface area contributed by atoms with Crippen molar-refractivity contribution in [2.45, 2.75) is 31.6 Å². The lowest BCUT2D eigenvalue weighted by molar-refractivity contribution is 0.0618. The zero-order valence-corrected chi connectivity index (χ0v) is 14.9. The molecule has 1 aliphatic heterocycles. The fourth-order valence-corrected chi connectivity index (χ4v) is 5.56. The molecule has 2 aromatic heterocycles. The highest BCUT2D eigenvalue weighted by molar-refractivity contribution is 7.19. The monoisotopic (exact) mass is 351 g/mol. The van der Waals surface area contributed by atoms with Crippen LogP contribution >= 0.6 is 11.3 Å². The Labute approximate surface area is 150 Å². The van der Waals surface area contributed by atoms with Gasteiger partial charge in [0.2, 0.25) is 0 Å². The molecule has 4 nitrogen and oxygen atoms in total. The molecular formula is C20H21N3OS. The Morgan fingerprint density at radius 1 is 1.08 bits per heavy atom. The molecule has 0 radical (unpaired) electrons. The smallest absolute Gasteiger partial charge is 0.125 e. The van der Waals surface area contributed by atoms with Crippen LogP contribution in [0.1, 0.15) is 36.5 Å². The summed E-state index contributed by atoms with van der Waals surface area (Å²) in [6.45, 7) is 2.35. The fraction of sp³-hybridized carbons (Fsp3) is 0.400. The van der Waals surface area contributed by atoms with Crippen LogP contribution < -0.4 is 5.32 Å². The fourth-order valence-electron chi connectivity index (χ4n) is 4.43. The van der Waals surface area contributed by atoms with Gasteiger partial charge in [-0.3, -0.25) is 0 Å². The third-order valence-corrected chi connectivity index (χ3v) is 7.13. The number of para-hydroxylation sites is 1. The van der Waals surface area contributed by atoms with Crippen molar-refractivity contribution < 1.29 is 5.11 Å². The van der Waals surface area contributed by atoms with Crippen LogP contribution in [-0.2, 0) is 0 Å². The van der Waals surface area contributed by atoms with Gasteiger partial charge in [-0.2, -0.15) is 0 Å². The average Bonchev–Trinajstić information content (AvgIpc) is 3.03. The number of aromatic nitrogens is 2. The average molecular weight is 351 g/mol. The zero-order chi connectivity index (χ0) is 16.9. The van der Waals surface area contributed by atoms with E-state index >= 15 is 0 Å². The lowest BCUT2D eigenvalue weighted by Gasteiger charge is -2.50. The molecule has 0 unspecified atom stereocenters. The van der Waals surface area contributed by atoms with Crippen LogP contribution in [0.5, 0.6) is 5.75 Å². The Kier molecular flexibility index (Phi) is 3.54. The number of fused-ring (bicyclic) bond motifs is 1. The Morgan fingerprint density at radius 3 is 2.68 bits per heavy atom. The van der Waals surface area contributed by atoms with E-state index in [0.29, 0.717) is 11.3 Å². The van der Waals surface area contributed by atoms with Gasteiger partial charge in [-0.25, -0.2) is 0 Å². The normalized spacial score (nSPS) is 20.0. The molecule has 1 saturated carbocycles. The second-order valence-corrected chi connectivity index (χ2v) is 8.62. The molecule has 2 fully saturated rings. The molecule has 1 spiro atoms. The predicted octanol–water partition coefficient (Wildman–Crippen LogP) is 4.31. The van der Waals surface area contributed by atoms with Crippen molar-refractivity contribution in [3.8, 4) is 17.0 Å². The van der Waals surface area contributed by atoms with Crippen molar-refractivity contribution in [3.05, 3.63) is 41.3 Å². The standard InChI is InChI=1S/C20H21N3OS/c24-17-4-2-1-3-14(17)15-9-19-16(23-22-15)10-18(25-19)13-11-20(12-13)5-7-21-8-6-20/h1-4,9-10,13,21,24H,5-8,11-12H2. The molecule has 128 valence electrons. The first-order valence-electron chi connectivity index (χ1n) is 8.99. The van der Waals surface area contributed by atoms with E-state index in [9.17, 15) is 5.11 Å². The summed E-state index contributed by atoms with van der Waals surface area (Å²) in [5.41, 5.74) is 3.05. The van der Waals surface area contributed by atoms with Crippen LogP contribution in [0.15, 0.2) is 36.4 Å². The molecule has 1 aliphatic carbocycles. The first-order chi connectivity index (χ1) is 12.2. The van der Waals surface area contributed by atoms with Gasteiger partial charge in [0.25, 0.3) is 0 Å². The minimum absolute atomic E-state index is 0.250. The molecule has 2 N–H and O–H groups in total. The molecule has 0 amide bonds. The van der Waals surface area contributed by atoms with Crippen molar-refractivity contribution in [3.63, 3.8) is 0 Å². The molecule has 25 heavy (non-hydrogen) atoms. The Hall–Kier alpha value is -1.98. The SMILES string of the molecule is Oc1ccccc1-c1cc2sc(C3CC4(CCNCC4)C3)cc2nn1. The van der Waals surface area contributed by atoms with Gasteiger partial charge in [-0.15, -0.1) is 21.5 Å². The van der Waals surface area contributed by atoms with Crippen LogP contribution in [0.25, 0.3) is 21.5 Å². The van der Waals surface area contributed by atoms with Crippen molar-refractivity contribution >= 4 is 21.6 Å². The lowest BCUT2D eigenvalue weighted by Crippen LogP contribution is -2.44. The number of piperidine rings is 1. The van der Waals surface area contributed by atoms with E-state index in [1.807, 2.05) is 29.5 Å². The lowest BCUT2D eigenvalue weighted by atomic mass is 9.57. The van der Waals surface area contributed by atoms with Gasteiger partial charge in [-0.1, -0.05) is 12.1 Å². The molecule has 2 aliphatic rings. The minimum Gasteiger partial charge on any atom is -0.507 e. The number of nitrogens with zero attached hydrogens (tertiary/aromatic N) is 2. The number of thiophene rings is 1. The maximum atomic E-state index is 10.0. The summed E-state index contributed by atoms with van der Waals surface area (Å²) < 4.78 is 1.16. The highest BCUT2D eigenvalue weighted by Crippen LogP contribution is 2.57. The maximum absolute atomic E-state index is 10.0. The number of phenolic OH excluding ortho intramolecular Hbond substituents is 1. The first-order valence-corrected chi connectivity index (χ1v) is 9.80. The van der Waals surface area contributed by atoms with E-state index in [2.05, 4.69) is 27.6 Å². The summed E-state index contributed by atoms with van der Waals surface area (Å²) in [5, 5.41) is 22.3. The van der Waals surface area contributed by atoms with E-state index in [-0.39, 0.29) is 5.75 Å². The molecule has 1 aromatic carbocycles. The Morgan fingerprint density at radius 2 is 1.88 bits per heavy atom. The number of benzene rings is 1. The van der Waals surface area contributed by atoms with E-state index in [4.69, 9.17) is 0 Å². The molecule has 3 aromatic rings. The third kappa shape index (κ3) is 2.62. The van der Waals surface area contributed by atoms with Crippen molar-refractivity contribution in [1.29, 1.82) is 0 Å². The number of aromatic hydroxyl groups is 1. The van der Waals surface area contributed by atoms with E-state index < -0.39 is 0 Å². The van der Waals surface area contributed by atoms with Gasteiger partial charge < -0.3 is 10.4 Å².